The van der Waals surface area contributed by atoms with Gasteiger partial charge in [-0.2, -0.15) is 0 Å². The molecule has 1 saturated carbocycles. The van der Waals surface area contributed by atoms with E-state index >= 15 is 0 Å². The molecule has 76 valence electrons. The van der Waals surface area contributed by atoms with Gasteiger partial charge >= 0.3 is 0 Å². The number of nitrogens with zero attached hydrogens (tertiary/aromatic N) is 2. The summed E-state index contributed by atoms with van der Waals surface area (Å²) in [5, 5.41) is 3.37. The predicted octanol–water partition coefficient (Wildman–Crippen LogP) is 2.17. The second-order valence-corrected chi connectivity index (χ2v) is 3.99. The van der Waals surface area contributed by atoms with E-state index < -0.39 is 0 Å². The molecule has 2 rings (SSSR count). The van der Waals surface area contributed by atoms with E-state index in [2.05, 4.69) is 22.2 Å². The molecule has 0 saturated heterocycles. The SMILES string of the molecule is CCc1nc(C)cc(NCC2CC2)n1. The van der Waals surface area contributed by atoms with Gasteiger partial charge in [-0.15, -0.1) is 0 Å². The average Bonchev–Trinajstić information content (AvgIpc) is 2.97. The van der Waals surface area contributed by atoms with Gasteiger partial charge in [0.1, 0.15) is 11.6 Å². The average molecular weight is 191 g/mol. The maximum Gasteiger partial charge on any atom is 0.130 e. The van der Waals surface area contributed by atoms with Crippen molar-refractivity contribution in [3.63, 3.8) is 0 Å². The Bertz CT molecular complexity index is 318. The van der Waals surface area contributed by atoms with Crippen LogP contribution in [0.2, 0.25) is 0 Å². The Labute approximate surface area is 85.0 Å². The van der Waals surface area contributed by atoms with Gasteiger partial charge in [-0.25, -0.2) is 9.97 Å². The van der Waals surface area contributed by atoms with Crippen LogP contribution in [0.1, 0.15) is 31.3 Å². The summed E-state index contributed by atoms with van der Waals surface area (Å²) in [5.41, 5.74) is 1.05. The van der Waals surface area contributed by atoms with Gasteiger partial charge in [0.2, 0.25) is 0 Å². The maximum absolute atomic E-state index is 4.43. The summed E-state index contributed by atoms with van der Waals surface area (Å²) < 4.78 is 0. The van der Waals surface area contributed by atoms with Gasteiger partial charge in [0.25, 0.3) is 0 Å². The van der Waals surface area contributed by atoms with E-state index in [1.54, 1.807) is 0 Å². The number of hydrogen-bond donors (Lipinski definition) is 1. The molecule has 0 spiro atoms. The van der Waals surface area contributed by atoms with Crippen LogP contribution in [0.5, 0.6) is 0 Å². The summed E-state index contributed by atoms with van der Waals surface area (Å²) in [7, 11) is 0. The molecule has 1 fully saturated rings. The first-order valence-corrected chi connectivity index (χ1v) is 5.36. The van der Waals surface area contributed by atoms with Crippen molar-refractivity contribution in [2.75, 3.05) is 11.9 Å². The summed E-state index contributed by atoms with van der Waals surface area (Å²) in [6, 6.07) is 2.02. The number of hydrogen-bond acceptors (Lipinski definition) is 3. The molecule has 1 aliphatic rings. The van der Waals surface area contributed by atoms with Crippen LogP contribution in [0.4, 0.5) is 5.82 Å². The Morgan fingerprint density at radius 1 is 1.43 bits per heavy atom. The molecule has 14 heavy (non-hydrogen) atoms. The molecule has 0 aliphatic heterocycles. The van der Waals surface area contributed by atoms with Crippen LogP contribution in [0, 0.1) is 12.8 Å². The van der Waals surface area contributed by atoms with Crippen molar-refractivity contribution in [3.8, 4) is 0 Å². The summed E-state index contributed by atoms with van der Waals surface area (Å²) in [6.45, 7) is 5.17. The molecule has 0 aromatic carbocycles. The minimum Gasteiger partial charge on any atom is -0.370 e. The number of rotatable bonds is 4. The molecule has 0 amide bonds. The lowest BCUT2D eigenvalue weighted by atomic mass is 10.3. The zero-order valence-corrected chi connectivity index (χ0v) is 8.88. The lowest BCUT2D eigenvalue weighted by Gasteiger charge is -2.06. The largest absolute Gasteiger partial charge is 0.370 e. The van der Waals surface area contributed by atoms with E-state index in [1.807, 2.05) is 13.0 Å². The van der Waals surface area contributed by atoms with Crippen molar-refractivity contribution >= 4 is 5.82 Å². The van der Waals surface area contributed by atoms with E-state index in [0.717, 1.165) is 36.2 Å². The third-order valence-electron chi connectivity index (χ3n) is 2.49. The van der Waals surface area contributed by atoms with Gasteiger partial charge in [0, 0.05) is 24.7 Å². The topological polar surface area (TPSA) is 37.8 Å². The van der Waals surface area contributed by atoms with Gasteiger partial charge in [0.15, 0.2) is 0 Å². The predicted molar refractivity (Wildman–Crippen MR) is 57.4 cm³/mol. The molecule has 0 bridgehead atoms. The molecule has 1 heterocycles. The van der Waals surface area contributed by atoms with Crippen molar-refractivity contribution < 1.29 is 0 Å². The number of aromatic nitrogens is 2. The standard InChI is InChI=1S/C11H17N3/c1-3-10-13-8(2)6-11(14-10)12-7-9-4-5-9/h6,9H,3-5,7H2,1-2H3,(H,12,13,14). The molecule has 1 N–H and O–H groups in total. The van der Waals surface area contributed by atoms with Crippen molar-refractivity contribution in [2.45, 2.75) is 33.1 Å². The first-order valence-electron chi connectivity index (χ1n) is 5.36. The first kappa shape index (κ1) is 9.44. The second kappa shape index (κ2) is 3.95. The highest BCUT2D eigenvalue weighted by atomic mass is 15.0. The fourth-order valence-electron chi connectivity index (χ4n) is 1.45. The zero-order valence-electron chi connectivity index (χ0n) is 8.88. The summed E-state index contributed by atoms with van der Waals surface area (Å²) >= 11 is 0. The zero-order chi connectivity index (χ0) is 9.97. The number of nitrogens with one attached hydrogen (secondary N) is 1. The molecule has 1 aromatic rings. The first-order chi connectivity index (χ1) is 6.78. The van der Waals surface area contributed by atoms with E-state index in [1.165, 1.54) is 12.8 Å². The molecule has 0 atom stereocenters. The summed E-state index contributed by atoms with van der Waals surface area (Å²) in [5.74, 6) is 2.81. The van der Waals surface area contributed by atoms with Crippen LogP contribution in [0.25, 0.3) is 0 Å². The number of anilines is 1. The molecule has 3 heteroatoms. The minimum atomic E-state index is 0.885. The highest BCUT2D eigenvalue weighted by Crippen LogP contribution is 2.28. The van der Waals surface area contributed by atoms with E-state index in [4.69, 9.17) is 0 Å². The van der Waals surface area contributed by atoms with Crippen LogP contribution in [-0.2, 0) is 6.42 Å². The highest BCUT2D eigenvalue weighted by Gasteiger charge is 2.20. The Kier molecular flexibility index (Phi) is 2.66. The van der Waals surface area contributed by atoms with Crippen molar-refractivity contribution in [1.82, 2.24) is 9.97 Å². The molecule has 1 aliphatic carbocycles. The van der Waals surface area contributed by atoms with Crippen molar-refractivity contribution in [2.24, 2.45) is 5.92 Å². The fourth-order valence-corrected chi connectivity index (χ4v) is 1.45. The van der Waals surface area contributed by atoms with Crippen LogP contribution in [0.3, 0.4) is 0 Å². The Morgan fingerprint density at radius 2 is 2.21 bits per heavy atom. The van der Waals surface area contributed by atoms with Crippen LogP contribution in [-0.4, -0.2) is 16.5 Å². The second-order valence-electron chi connectivity index (χ2n) is 3.99. The molecule has 0 unspecified atom stereocenters. The molecular weight excluding hydrogens is 174 g/mol. The number of aryl methyl sites for hydroxylation is 2. The Morgan fingerprint density at radius 3 is 2.86 bits per heavy atom. The lowest BCUT2D eigenvalue weighted by molar-refractivity contribution is 0.863. The van der Waals surface area contributed by atoms with Gasteiger partial charge in [-0.3, -0.25) is 0 Å². The molecule has 0 radical (unpaired) electrons. The summed E-state index contributed by atoms with van der Waals surface area (Å²) in [6.07, 6.45) is 3.65. The smallest absolute Gasteiger partial charge is 0.130 e. The molecule has 3 nitrogen and oxygen atoms in total. The Balaban J connectivity index is 2.03. The lowest BCUT2D eigenvalue weighted by Crippen LogP contribution is -2.07. The molecule has 1 aromatic heterocycles. The normalized spacial score (nSPS) is 15.6. The minimum absolute atomic E-state index is 0.885. The van der Waals surface area contributed by atoms with Crippen LogP contribution < -0.4 is 5.32 Å². The molecular formula is C11H17N3. The summed E-state index contributed by atoms with van der Waals surface area (Å²) in [4.78, 5) is 8.77. The van der Waals surface area contributed by atoms with Gasteiger partial charge in [-0.1, -0.05) is 6.92 Å². The Hall–Kier alpha value is -1.12. The van der Waals surface area contributed by atoms with Gasteiger partial charge in [-0.05, 0) is 25.7 Å². The maximum atomic E-state index is 4.43. The fraction of sp³-hybridized carbons (Fsp3) is 0.636. The van der Waals surface area contributed by atoms with E-state index in [0.29, 0.717) is 0 Å². The van der Waals surface area contributed by atoms with Gasteiger partial charge < -0.3 is 5.32 Å². The van der Waals surface area contributed by atoms with E-state index in [-0.39, 0.29) is 0 Å². The van der Waals surface area contributed by atoms with Crippen molar-refractivity contribution in [1.29, 1.82) is 0 Å². The van der Waals surface area contributed by atoms with Crippen LogP contribution >= 0.6 is 0 Å². The third-order valence-corrected chi connectivity index (χ3v) is 2.49. The third kappa shape index (κ3) is 2.44. The highest BCUT2D eigenvalue weighted by molar-refractivity contribution is 5.36. The van der Waals surface area contributed by atoms with Crippen molar-refractivity contribution in [3.05, 3.63) is 17.6 Å². The van der Waals surface area contributed by atoms with E-state index in [9.17, 15) is 0 Å². The monoisotopic (exact) mass is 191 g/mol. The van der Waals surface area contributed by atoms with Crippen LogP contribution in [0.15, 0.2) is 6.07 Å². The van der Waals surface area contributed by atoms with Gasteiger partial charge in [0.05, 0.1) is 0 Å². The quantitative estimate of drug-likeness (QED) is 0.792.